The molecular weight excluding hydrogens is 302 g/mol. The van der Waals surface area contributed by atoms with Crippen LogP contribution in [0.25, 0.3) is 0 Å². The van der Waals surface area contributed by atoms with Gasteiger partial charge >= 0.3 is 0 Å². The molecule has 122 valence electrons. The predicted octanol–water partition coefficient (Wildman–Crippen LogP) is 1.04. The third-order valence-corrected chi connectivity index (χ3v) is 5.43. The first-order chi connectivity index (χ1) is 10.4. The van der Waals surface area contributed by atoms with Crippen molar-refractivity contribution in [2.75, 3.05) is 13.1 Å². The highest BCUT2D eigenvalue weighted by Crippen LogP contribution is 2.21. The zero-order valence-corrected chi connectivity index (χ0v) is 13.6. The van der Waals surface area contributed by atoms with Gasteiger partial charge in [-0.1, -0.05) is 25.1 Å². The van der Waals surface area contributed by atoms with Crippen LogP contribution >= 0.6 is 0 Å². The Hall–Kier alpha value is -1.44. The summed E-state index contributed by atoms with van der Waals surface area (Å²) in [4.78, 5) is 13.8. The van der Waals surface area contributed by atoms with E-state index in [1.54, 1.807) is 23.1 Å². The number of hydrogen-bond donors (Lipinski definition) is 2. The van der Waals surface area contributed by atoms with Crippen LogP contribution < -0.4 is 10.5 Å². The summed E-state index contributed by atoms with van der Waals surface area (Å²) in [7, 11) is -3.64. The van der Waals surface area contributed by atoms with Gasteiger partial charge in [0.05, 0.1) is 10.6 Å². The lowest BCUT2D eigenvalue weighted by atomic mass is 9.99. The minimum absolute atomic E-state index is 0.107. The van der Waals surface area contributed by atoms with Gasteiger partial charge in [0.15, 0.2) is 0 Å². The average Bonchev–Trinajstić information content (AvgIpc) is 2.48. The van der Waals surface area contributed by atoms with Gasteiger partial charge in [0.2, 0.25) is 15.9 Å². The summed E-state index contributed by atoms with van der Waals surface area (Å²) < 4.78 is 27.3. The molecule has 1 heterocycles. The summed E-state index contributed by atoms with van der Waals surface area (Å²) in [5.74, 6) is 0.107. The van der Waals surface area contributed by atoms with E-state index >= 15 is 0 Å². The number of sulfonamides is 1. The van der Waals surface area contributed by atoms with Crippen molar-refractivity contribution in [2.24, 2.45) is 5.73 Å². The Kier molecular flexibility index (Phi) is 5.20. The van der Waals surface area contributed by atoms with E-state index < -0.39 is 15.7 Å². The fourth-order valence-electron chi connectivity index (χ4n) is 2.56. The first-order valence-corrected chi connectivity index (χ1v) is 9.00. The maximum atomic E-state index is 12.4. The standard InChI is InChI=1S/C15H23N3O3S/c1-2-6-14(19)18-11-9-15(16,10-12-18)17-22(20,21)13-7-4-3-5-8-13/h3-5,7-8,17H,2,6,9-12,16H2,1H3. The minimum atomic E-state index is -3.64. The molecule has 1 aromatic carbocycles. The van der Waals surface area contributed by atoms with Crippen molar-refractivity contribution in [1.29, 1.82) is 0 Å². The Bertz CT molecular complexity index is 608. The van der Waals surface area contributed by atoms with Crippen molar-refractivity contribution in [3.8, 4) is 0 Å². The van der Waals surface area contributed by atoms with Crippen molar-refractivity contribution in [3.63, 3.8) is 0 Å². The van der Waals surface area contributed by atoms with Gasteiger partial charge in [-0.3, -0.25) is 4.79 Å². The molecule has 0 saturated carbocycles. The lowest BCUT2D eigenvalue weighted by Crippen LogP contribution is -2.61. The number of benzene rings is 1. The van der Waals surface area contributed by atoms with Gasteiger partial charge in [-0.05, 0) is 31.4 Å². The quantitative estimate of drug-likeness (QED) is 0.791. The van der Waals surface area contributed by atoms with Crippen molar-refractivity contribution >= 4 is 15.9 Å². The second-order valence-electron chi connectivity index (χ2n) is 5.71. The number of nitrogens with two attached hydrogens (primary N) is 1. The van der Waals surface area contributed by atoms with Gasteiger partial charge in [-0.2, -0.15) is 4.72 Å². The molecule has 1 aromatic rings. The largest absolute Gasteiger partial charge is 0.342 e. The fourth-order valence-corrected chi connectivity index (χ4v) is 3.93. The minimum Gasteiger partial charge on any atom is -0.342 e. The summed E-state index contributed by atoms with van der Waals surface area (Å²) in [5.41, 5.74) is 5.19. The number of piperidine rings is 1. The zero-order chi connectivity index (χ0) is 16.2. The van der Waals surface area contributed by atoms with E-state index in [4.69, 9.17) is 5.73 Å². The van der Waals surface area contributed by atoms with Gasteiger partial charge in [0.1, 0.15) is 0 Å². The summed E-state index contributed by atoms with van der Waals surface area (Å²) in [5, 5.41) is 0. The Morgan fingerprint density at radius 2 is 1.86 bits per heavy atom. The first kappa shape index (κ1) is 16.9. The lowest BCUT2D eigenvalue weighted by molar-refractivity contribution is -0.132. The molecule has 0 bridgehead atoms. The molecule has 6 nitrogen and oxygen atoms in total. The highest BCUT2D eigenvalue weighted by molar-refractivity contribution is 7.89. The molecule has 1 aliphatic rings. The Morgan fingerprint density at radius 3 is 2.41 bits per heavy atom. The van der Waals surface area contributed by atoms with E-state index in [-0.39, 0.29) is 10.8 Å². The summed E-state index contributed by atoms with van der Waals surface area (Å²) >= 11 is 0. The van der Waals surface area contributed by atoms with Crippen LogP contribution in [0.15, 0.2) is 35.2 Å². The number of carbonyl (C=O) groups excluding carboxylic acids is 1. The Morgan fingerprint density at radius 1 is 1.27 bits per heavy atom. The molecule has 0 aromatic heterocycles. The molecule has 22 heavy (non-hydrogen) atoms. The number of rotatable bonds is 5. The van der Waals surface area contributed by atoms with Crippen LogP contribution in [0.3, 0.4) is 0 Å². The fraction of sp³-hybridized carbons (Fsp3) is 0.533. The van der Waals surface area contributed by atoms with Crippen LogP contribution in [-0.2, 0) is 14.8 Å². The molecule has 0 aliphatic carbocycles. The van der Waals surface area contributed by atoms with Crippen LogP contribution in [0.4, 0.5) is 0 Å². The Balaban J connectivity index is 2.01. The van der Waals surface area contributed by atoms with E-state index in [9.17, 15) is 13.2 Å². The van der Waals surface area contributed by atoms with Crippen LogP contribution in [0, 0.1) is 0 Å². The molecule has 1 fully saturated rings. The zero-order valence-electron chi connectivity index (χ0n) is 12.8. The van der Waals surface area contributed by atoms with Crippen LogP contribution in [-0.4, -0.2) is 38.0 Å². The smallest absolute Gasteiger partial charge is 0.242 e. The van der Waals surface area contributed by atoms with Crippen LogP contribution in [0.5, 0.6) is 0 Å². The molecule has 1 aliphatic heterocycles. The van der Waals surface area contributed by atoms with Gasteiger partial charge in [-0.25, -0.2) is 8.42 Å². The number of nitrogens with one attached hydrogen (secondary N) is 1. The molecule has 0 spiro atoms. The third kappa shape index (κ3) is 4.06. The molecular formula is C15H23N3O3S. The summed E-state index contributed by atoms with van der Waals surface area (Å²) in [6, 6.07) is 8.17. The van der Waals surface area contributed by atoms with Crippen molar-refractivity contribution in [1.82, 2.24) is 9.62 Å². The topological polar surface area (TPSA) is 92.5 Å². The van der Waals surface area contributed by atoms with E-state index in [0.29, 0.717) is 32.4 Å². The number of likely N-dealkylation sites (tertiary alicyclic amines) is 1. The van der Waals surface area contributed by atoms with E-state index in [2.05, 4.69) is 4.72 Å². The molecule has 1 amide bonds. The molecule has 0 atom stereocenters. The number of amides is 1. The lowest BCUT2D eigenvalue weighted by Gasteiger charge is -2.39. The first-order valence-electron chi connectivity index (χ1n) is 7.52. The van der Waals surface area contributed by atoms with Crippen molar-refractivity contribution in [2.45, 2.75) is 43.2 Å². The SMILES string of the molecule is CCCC(=O)N1CCC(N)(NS(=O)(=O)c2ccccc2)CC1. The molecule has 3 N–H and O–H groups in total. The average molecular weight is 325 g/mol. The van der Waals surface area contributed by atoms with Gasteiger partial charge in [0.25, 0.3) is 0 Å². The van der Waals surface area contributed by atoms with E-state index in [1.165, 1.54) is 12.1 Å². The maximum absolute atomic E-state index is 12.4. The van der Waals surface area contributed by atoms with Gasteiger partial charge in [0, 0.05) is 19.5 Å². The summed E-state index contributed by atoms with van der Waals surface area (Å²) in [6.45, 7) is 2.92. The number of nitrogens with zero attached hydrogens (tertiary/aromatic N) is 1. The highest BCUT2D eigenvalue weighted by atomic mass is 32.2. The number of hydrogen-bond acceptors (Lipinski definition) is 4. The molecule has 0 unspecified atom stereocenters. The number of carbonyl (C=O) groups is 1. The van der Waals surface area contributed by atoms with Crippen molar-refractivity contribution < 1.29 is 13.2 Å². The maximum Gasteiger partial charge on any atom is 0.242 e. The van der Waals surface area contributed by atoms with Crippen molar-refractivity contribution in [3.05, 3.63) is 30.3 Å². The second-order valence-corrected chi connectivity index (χ2v) is 7.39. The van der Waals surface area contributed by atoms with Crippen LogP contribution in [0.2, 0.25) is 0 Å². The van der Waals surface area contributed by atoms with E-state index in [0.717, 1.165) is 6.42 Å². The molecule has 0 radical (unpaired) electrons. The molecule has 7 heteroatoms. The van der Waals surface area contributed by atoms with Gasteiger partial charge in [-0.15, -0.1) is 0 Å². The molecule has 2 rings (SSSR count). The monoisotopic (exact) mass is 325 g/mol. The van der Waals surface area contributed by atoms with Crippen LogP contribution in [0.1, 0.15) is 32.6 Å². The van der Waals surface area contributed by atoms with E-state index in [1.807, 2.05) is 6.92 Å². The van der Waals surface area contributed by atoms with Gasteiger partial charge < -0.3 is 10.6 Å². The predicted molar refractivity (Wildman–Crippen MR) is 84.4 cm³/mol. The second kappa shape index (κ2) is 6.76. The highest BCUT2D eigenvalue weighted by Gasteiger charge is 2.36. The Labute approximate surface area is 131 Å². The third-order valence-electron chi connectivity index (χ3n) is 3.86. The normalized spacial score (nSPS) is 18.2. The molecule has 1 saturated heterocycles. The summed E-state index contributed by atoms with van der Waals surface area (Å²) in [6.07, 6.45) is 2.15.